The molecule has 3 aliphatic rings. The van der Waals surface area contributed by atoms with Crippen LogP contribution in [0.15, 0.2) is 0 Å². The summed E-state index contributed by atoms with van der Waals surface area (Å²) in [5.41, 5.74) is 0.293. The van der Waals surface area contributed by atoms with Crippen LogP contribution in [0.5, 0.6) is 0 Å². The van der Waals surface area contributed by atoms with Crippen LogP contribution in [0.1, 0.15) is 33.1 Å². The molecule has 3 rings (SSSR count). The summed E-state index contributed by atoms with van der Waals surface area (Å²) in [5.74, 6) is 0. The smallest absolute Gasteiger partial charge is 0.409 e. The average molecular weight is 339 g/mol. The second kappa shape index (κ2) is 6.78. The van der Waals surface area contributed by atoms with Crippen molar-refractivity contribution in [2.24, 2.45) is 5.41 Å². The lowest BCUT2D eigenvalue weighted by Gasteiger charge is -2.49. The van der Waals surface area contributed by atoms with E-state index in [2.05, 4.69) is 4.90 Å². The van der Waals surface area contributed by atoms with Gasteiger partial charge in [0.2, 0.25) is 0 Å². The van der Waals surface area contributed by atoms with E-state index in [0.29, 0.717) is 24.6 Å². The zero-order valence-corrected chi connectivity index (χ0v) is 15.0. The number of hydrogen-bond acceptors (Lipinski definition) is 5. The molecule has 0 bridgehead atoms. The van der Waals surface area contributed by atoms with Crippen molar-refractivity contribution >= 4 is 12.2 Å². The van der Waals surface area contributed by atoms with E-state index >= 15 is 0 Å². The third kappa shape index (κ3) is 3.31. The van der Waals surface area contributed by atoms with E-state index in [4.69, 9.17) is 9.47 Å². The van der Waals surface area contributed by atoms with Crippen molar-refractivity contribution in [2.45, 2.75) is 45.3 Å². The molecule has 1 unspecified atom stereocenters. The monoisotopic (exact) mass is 339 g/mol. The summed E-state index contributed by atoms with van der Waals surface area (Å²) < 4.78 is 10.5. The highest BCUT2D eigenvalue weighted by Crippen LogP contribution is 2.48. The topological polar surface area (TPSA) is 62.3 Å². The van der Waals surface area contributed by atoms with Crippen molar-refractivity contribution in [2.75, 3.05) is 46.4 Å². The second-order valence-electron chi connectivity index (χ2n) is 7.43. The van der Waals surface area contributed by atoms with Crippen LogP contribution in [-0.4, -0.2) is 85.4 Å². The zero-order chi connectivity index (χ0) is 17.3. The number of amides is 2. The molecular weight excluding hydrogens is 310 g/mol. The number of hydrogen-bond donors (Lipinski definition) is 0. The lowest BCUT2D eigenvalue weighted by molar-refractivity contribution is -0.0506. The van der Waals surface area contributed by atoms with Crippen molar-refractivity contribution in [3.05, 3.63) is 0 Å². The van der Waals surface area contributed by atoms with Gasteiger partial charge in [0.05, 0.1) is 6.61 Å². The molecule has 0 aromatic carbocycles. The van der Waals surface area contributed by atoms with Gasteiger partial charge >= 0.3 is 12.2 Å². The fourth-order valence-corrected chi connectivity index (χ4v) is 4.09. The van der Waals surface area contributed by atoms with E-state index in [9.17, 15) is 9.59 Å². The average Bonchev–Trinajstić information content (AvgIpc) is 2.93. The molecule has 2 heterocycles. The fourth-order valence-electron chi connectivity index (χ4n) is 4.09. The maximum atomic E-state index is 11.8. The molecule has 1 atom stereocenters. The van der Waals surface area contributed by atoms with E-state index < -0.39 is 0 Å². The molecule has 1 spiro atoms. The third-order valence-electron chi connectivity index (χ3n) is 5.70. The molecule has 2 saturated heterocycles. The van der Waals surface area contributed by atoms with Crippen LogP contribution >= 0.6 is 0 Å². The summed E-state index contributed by atoms with van der Waals surface area (Å²) in [7, 11) is 1.76. The number of ether oxygens (including phenoxy) is 2. The van der Waals surface area contributed by atoms with Gasteiger partial charge in [0.15, 0.2) is 0 Å². The van der Waals surface area contributed by atoms with Gasteiger partial charge < -0.3 is 19.3 Å². The molecular formula is C17H29N3O4. The van der Waals surface area contributed by atoms with Crippen LogP contribution in [0.4, 0.5) is 9.59 Å². The first-order valence-corrected chi connectivity index (χ1v) is 9.04. The Labute approximate surface area is 143 Å². The Balaban J connectivity index is 1.38. The standard InChI is InChI=1S/C17H29N3O4/c1-4-18(3)15(21)24-14-9-19(10-14)13-6-7-17(8-13)11-20(12-17)16(22)23-5-2/h13-14H,4-12H2,1-3H3. The first-order valence-electron chi connectivity index (χ1n) is 9.04. The molecule has 1 aliphatic carbocycles. The Morgan fingerprint density at radius 2 is 1.96 bits per heavy atom. The highest BCUT2D eigenvalue weighted by molar-refractivity contribution is 5.69. The largest absolute Gasteiger partial charge is 0.450 e. The Bertz CT molecular complexity index is 486. The molecule has 1 saturated carbocycles. The summed E-state index contributed by atoms with van der Waals surface area (Å²) in [6, 6.07) is 0.563. The van der Waals surface area contributed by atoms with Gasteiger partial charge in [-0.1, -0.05) is 0 Å². The minimum atomic E-state index is -0.228. The summed E-state index contributed by atoms with van der Waals surface area (Å²) in [6.07, 6.45) is 3.11. The first kappa shape index (κ1) is 17.3. The van der Waals surface area contributed by atoms with Crippen LogP contribution in [-0.2, 0) is 9.47 Å². The molecule has 3 fully saturated rings. The number of likely N-dealkylation sites (tertiary alicyclic amines) is 2. The quantitative estimate of drug-likeness (QED) is 0.781. The van der Waals surface area contributed by atoms with Crippen molar-refractivity contribution in [1.29, 1.82) is 0 Å². The molecule has 0 radical (unpaired) electrons. The molecule has 2 amide bonds. The number of rotatable bonds is 4. The number of carbonyl (C=O) groups excluding carboxylic acids is 2. The maximum Gasteiger partial charge on any atom is 0.409 e. The van der Waals surface area contributed by atoms with Gasteiger partial charge in [0.1, 0.15) is 6.10 Å². The minimum absolute atomic E-state index is 0.0282. The summed E-state index contributed by atoms with van der Waals surface area (Å²) in [5, 5.41) is 0. The van der Waals surface area contributed by atoms with Gasteiger partial charge in [-0.05, 0) is 33.1 Å². The molecule has 0 aromatic heterocycles. The van der Waals surface area contributed by atoms with Crippen LogP contribution in [0.25, 0.3) is 0 Å². The SMILES string of the molecule is CCOC(=O)N1CC2(CCC(N3CC(OC(=O)N(C)CC)C3)C2)C1. The lowest BCUT2D eigenvalue weighted by atomic mass is 9.78. The van der Waals surface area contributed by atoms with Crippen molar-refractivity contribution < 1.29 is 19.1 Å². The molecule has 136 valence electrons. The maximum absolute atomic E-state index is 11.8. The van der Waals surface area contributed by atoms with E-state index in [0.717, 1.165) is 32.6 Å². The highest BCUT2D eigenvalue weighted by atomic mass is 16.6. The van der Waals surface area contributed by atoms with Gasteiger partial charge in [0, 0.05) is 51.2 Å². The summed E-state index contributed by atoms with van der Waals surface area (Å²) >= 11 is 0. The lowest BCUT2D eigenvalue weighted by Crippen LogP contribution is -2.60. The number of nitrogens with zero attached hydrogens (tertiary/aromatic N) is 3. The Morgan fingerprint density at radius 1 is 1.25 bits per heavy atom. The van der Waals surface area contributed by atoms with Crippen molar-refractivity contribution in [1.82, 2.24) is 14.7 Å². The Kier molecular flexibility index (Phi) is 4.90. The Morgan fingerprint density at radius 3 is 2.58 bits per heavy atom. The molecule has 2 aliphatic heterocycles. The summed E-state index contributed by atoms with van der Waals surface area (Å²) in [4.78, 5) is 29.3. The zero-order valence-electron chi connectivity index (χ0n) is 15.0. The highest BCUT2D eigenvalue weighted by Gasteiger charge is 2.52. The van der Waals surface area contributed by atoms with E-state index in [1.807, 2.05) is 18.7 Å². The molecule has 7 heteroatoms. The van der Waals surface area contributed by atoms with E-state index in [-0.39, 0.29) is 18.3 Å². The van der Waals surface area contributed by atoms with E-state index in [1.54, 1.807) is 11.9 Å². The van der Waals surface area contributed by atoms with Crippen LogP contribution in [0.3, 0.4) is 0 Å². The van der Waals surface area contributed by atoms with Gasteiger partial charge in [-0.15, -0.1) is 0 Å². The second-order valence-corrected chi connectivity index (χ2v) is 7.43. The van der Waals surface area contributed by atoms with E-state index in [1.165, 1.54) is 12.8 Å². The van der Waals surface area contributed by atoms with Crippen LogP contribution in [0.2, 0.25) is 0 Å². The molecule has 0 aromatic rings. The minimum Gasteiger partial charge on any atom is -0.450 e. The van der Waals surface area contributed by atoms with Gasteiger partial charge in [-0.2, -0.15) is 0 Å². The normalized spacial score (nSPS) is 26.0. The van der Waals surface area contributed by atoms with Gasteiger partial charge in [-0.3, -0.25) is 4.90 Å². The van der Waals surface area contributed by atoms with Crippen LogP contribution in [0, 0.1) is 5.41 Å². The number of carbonyl (C=O) groups is 2. The molecule has 7 nitrogen and oxygen atoms in total. The molecule has 24 heavy (non-hydrogen) atoms. The summed E-state index contributed by atoms with van der Waals surface area (Å²) in [6.45, 7) is 8.21. The van der Waals surface area contributed by atoms with Crippen LogP contribution < -0.4 is 0 Å². The Hall–Kier alpha value is -1.50. The van der Waals surface area contributed by atoms with Gasteiger partial charge in [-0.25, -0.2) is 9.59 Å². The first-order chi connectivity index (χ1) is 11.5. The predicted octanol–water partition coefficient (Wildman–Crippen LogP) is 1.77. The fraction of sp³-hybridized carbons (Fsp3) is 0.882. The van der Waals surface area contributed by atoms with Crippen molar-refractivity contribution in [3.63, 3.8) is 0 Å². The predicted molar refractivity (Wildman–Crippen MR) is 88.8 cm³/mol. The van der Waals surface area contributed by atoms with Gasteiger partial charge in [0.25, 0.3) is 0 Å². The van der Waals surface area contributed by atoms with Crippen molar-refractivity contribution in [3.8, 4) is 0 Å². The molecule has 0 N–H and O–H groups in total. The third-order valence-corrected chi connectivity index (χ3v) is 5.70.